The quantitative estimate of drug-likeness (QED) is 0.465. The Kier molecular flexibility index (Phi) is 8.67. The van der Waals surface area contributed by atoms with Gasteiger partial charge in [-0.1, -0.05) is 90.0 Å². The summed E-state index contributed by atoms with van der Waals surface area (Å²) < 4.78 is 0. The molecular formula is C28H31ClN2O2. The molecular weight excluding hydrogens is 432 g/mol. The minimum absolute atomic E-state index is 0.0369. The fraction of sp³-hybridized carbons (Fsp3) is 0.286. The lowest BCUT2D eigenvalue weighted by molar-refractivity contribution is -0.141. The molecule has 0 aliphatic carbocycles. The number of halogens is 1. The van der Waals surface area contributed by atoms with Crippen molar-refractivity contribution in [2.75, 3.05) is 0 Å². The standard InChI is InChI=1S/C28H31ClN2O2/c1-20(2)30-28(33)26(17-22-9-5-4-6-10-22)31(19-24-11-7-8-12-25(24)29)27(32)18-23-15-13-21(3)14-16-23/h4-16,20,26H,17-19H2,1-3H3,(H,30,33). The molecule has 1 atom stereocenters. The van der Waals surface area contributed by atoms with E-state index in [2.05, 4.69) is 5.32 Å². The topological polar surface area (TPSA) is 49.4 Å². The van der Waals surface area contributed by atoms with Crippen LogP contribution in [0, 0.1) is 6.92 Å². The van der Waals surface area contributed by atoms with Gasteiger partial charge in [0, 0.05) is 24.0 Å². The predicted octanol–water partition coefficient (Wildman–Crippen LogP) is 5.36. The zero-order valence-corrected chi connectivity index (χ0v) is 20.2. The predicted molar refractivity (Wildman–Crippen MR) is 134 cm³/mol. The summed E-state index contributed by atoms with van der Waals surface area (Å²) in [5.74, 6) is -0.281. The number of carbonyl (C=O) groups is 2. The second kappa shape index (κ2) is 11.7. The van der Waals surface area contributed by atoms with E-state index in [4.69, 9.17) is 11.6 Å². The van der Waals surface area contributed by atoms with Gasteiger partial charge < -0.3 is 10.2 Å². The van der Waals surface area contributed by atoms with Crippen molar-refractivity contribution in [3.8, 4) is 0 Å². The molecule has 172 valence electrons. The Morgan fingerprint density at radius 3 is 2.15 bits per heavy atom. The number of nitrogens with one attached hydrogen (secondary N) is 1. The fourth-order valence-corrected chi connectivity index (χ4v) is 3.92. The van der Waals surface area contributed by atoms with E-state index in [9.17, 15) is 9.59 Å². The molecule has 0 radical (unpaired) electrons. The summed E-state index contributed by atoms with van der Waals surface area (Å²) in [6.45, 7) is 6.11. The number of hydrogen-bond acceptors (Lipinski definition) is 2. The molecule has 3 aromatic rings. The normalized spacial score (nSPS) is 11.8. The van der Waals surface area contributed by atoms with Crippen molar-refractivity contribution in [1.82, 2.24) is 10.2 Å². The van der Waals surface area contributed by atoms with Gasteiger partial charge in [0.05, 0.1) is 6.42 Å². The minimum Gasteiger partial charge on any atom is -0.352 e. The Morgan fingerprint density at radius 1 is 0.879 bits per heavy atom. The molecule has 1 unspecified atom stereocenters. The van der Waals surface area contributed by atoms with E-state index in [0.29, 0.717) is 11.4 Å². The molecule has 0 aliphatic heterocycles. The summed E-state index contributed by atoms with van der Waals surface area (Å²) in [5, 5.41) is 3.58. The lowest BCUT2D eigenvalue weighted by atomic mass is 10.0. The third-order valence-corrected chi connectivity index (χ3v) is 5.85. The Morgan fingerprint density at radius 2 is 1.52 bits per heavy atom. The Labute approximate surface area is 201 Å². The van der Waals surface area contributed by atoms with Crippen LogP contribution < -0.4 is 5.32 Å². The van der Waals surface area contributed by atoms with Crippen molar-refractivity contribution < 1.29 is 9.59 Å². The number of amides is 2. The van der Waals surface area contributed by atoms with Gasteiger partial charge in [-0.05, 0) is 43.5 Å². The zero-order valence-electron chi connectivity index (χ0n) is 19.4. The lowest BCUT2D eigenvalue weighted by Crippen LogP contribution is -2.52. The molecule has 0 saturated carbocycles. The van der Waals surface area contributed by atoms with Gasteiger partial charge in [-0.2, -0.15) is 0 Å². The van der Waals surface area contributed by atoms with Gasteiger partial charge >= 0.3 is 0 Å². The van der Waals surface area contributed by atoms with Gasteiger partial charge in [0.15, 0.2) is 0 Å². The molecule has 0 saturated heterocycles. The first kappa shape index (κ1) is 24.5. The van der Waals surface area contributed by atoms with Crippen LogP contribution >= 0.6 is 11.6 Å². The van der Waals surface area contributed by atoms with Gasteiger partial charge in [0.1, 0.15) is 6.04 Å². The van der Waals surface area contributed by atoms with E-state index in [1.54, 1.807) is 11.0 Å². The van der Waals surface area contributed by atoms with Crippen LogP contribution in [-0.2, 0) is 29.0 Å². The minimum atomic E-state index is -0.663. The number of carbonyl (C=O) groups excluding carboxylic acids is 2. The van der Waals surface area contributed by atoms with E-state index in [1.807, 2.05) is 93.6 Å². The van der Waals surface area contributed by atoms with Crippen LogP contribution in [-0.4, -0.2) is 28.8 Å². The van der Waals surface area contributed by atoms with E-state index in [-0.39, 0.29) is 30.8 Å². The molecule has 3 rings (SSSR count). The molecule has 0 fully saturated rings. The zero-order chi connectivity index (χ0) is 23.8. The summed E-state index contributed by atoms with van der Waals surface area (Å²) in [6, 6.07) is 24.5. The number of benzene rings is 3. The first-order chi connectivity index (χ1) is 15.8. The van der Waals surface area contributed by atoms with Gasteiger partial charge in [0.25, 0.3) is 0 Å². The van der Waals surface area contributed by atoms with Crippen molar-refractivity contribution in [2.24, 2.45) is 0 Å². The summed E-state index contributed by atoms with van der Waals surface area (Å²) in [6.07, 6.45) is 0.633. The number of rotatable bonds is 9. The largest absolute Gasteiger partial charge is 0.352 e. The molecule has 0 aliphatic rings. The van der Waals surface area contributed by atoms with Gasteiger partial charge in [-0.3, -0.25) is 9.59 Å². The number of hydrogen-bond donors (Lipinski definition) is 1. The average molecular weight is 463 g/mol. The van der Waals surface area contributed by atoms with E-state index in [1.165, 1.54) is 0 Å². The van der Waals surface area contributed by atoms with Crippen LogP contribution in [0.25, 0.3) is 0 Å². The van der Waals surface area contributed by atoms with E-state index < -0.39 is 6.04 Å². The molecule has 0 spiro atoms. The van der Waals surface area contributed by atoms with Crippen molar-refractivity contribution in [3.05, 3.63) is 106 Å². The fourth-order valence-electron chi connectivity index (χ4n) is 3.73. The van der Waals surface area contributed by atoms with Crippen LogP contribution in [0.1, 0.15) is 36.1 Å². The maximum absolute atomic E-state index is 13.6. The average Bonchev–Trinajstić information content (AvgIpc) is 2.79. The highest BCUT2D eigenvalue weighted by atomic mass is 35.5. The molecule has 3 aromatic carbocycles. The maximum atomic E-state index is 13.6. The lowest BCUT2D eigenvalue weighted by Gasteiger charge is -2.32. The SMILES string of the molecule is Cc1ccc(CC(=O)N(Cc2ccccc2Cl)C(Cc2ccccc2)C(=O)NC(C)C)cc1. The van der Waals surface area contributed by atoms with Crippen molar-refractivity contribution >= 4 is 23.4 Å². The third-order valence-electron chi connectivity index (χ3n) is 5.48. The van der Waals surface area contributed by atoms with Crippen molar-refractivity contribution in [1.29, 1.82) is 0 Å². The van der Waals surface area contributed by atoms with Crippen molar-refractivity contribution in [2.45, 2.75) is 52.2 Å². The van der Waals surface area contributed by atoms with Gasteiger partial charge in [-0.15, -0.1) is 0 Å². The van der Waals surface area contributed by atoms with Gasteiger partial charge in [0.2, 0.25) is 11.8 Å². The second-order valence-electron chi connectivity index (χ2n) is 8.64. The second-order valence-corrected chi connectivity index (χ2v) is 9.05. The Balaban J connectivity index is 1.97. The molecule has 0 bridgehead atoms. The monoisotopic (exact) mass is 462 g/mol. The van der Waals surface area contributed by atoms with Crippen LogP contribution in [0.3, 0.4) is 0 Å². The highest BCUT2D eigenvalue weighted by molar-refractivity contribution is 6.31. The summed E-state index contributed by atoms with van der Waals surface area (Å²) in [7, 11) is 0. The molecule has 33 heavy (non-hydrogen) atoms. The molecule has 0 aromatic heterocycles. The van der Waals surface area contributed by atoms with E-state index >= 15 is 0 Å². The van der Waals surface area contributed by atoms with Crippen LogP contribution in [0.4, 0.5) is 0 Å². The summed E-state index contributed by atoms with van der Waals surface area (Å²) in [4.78, 5) is 28.6. The third kappa shape index (κ3) is 7.19. The molecule has 0 heterocycles. The summed E-state index contributed by atoms with van der Waals surface area (Å²) in [5.41, 5.74) is 3.86. The van der Waals surface area contributed by atoms with E-state index in [0.717, 1.165) is 22.3 Å². The summed E-state index contributed by atoms with van der Waals surface area (Å²) >= 11 is 6.44. The Hall–Kier alpha value is -3.11. The number of nitrogens with zero attached hydrogens (tertiary/aromatic N) is 1. The van der Waals surface area contributed by atoms with Crippen LogP contribution in [0.15, 0.2) is 78.9 Å². The van der Waals surface area contributed by atoms with Gasteiger partial charge in [-0.25, -0.2) is 0 Å². The van der Waals surface area contributed by atoms with Crippen LogP contribution in [0.2, 0.25) is 5.02 Å². The van der Waals surface area contributed by atoms with Crippen molar-refractivity contribution in [3.63, 3.8) is 0 Å². The number of aryl methyl sites for hydroxylation is 1. The Bertz CT molecular complexity index is 1060. The highest BCUT2D eigenvalue weighted by Gasteiger charge is 2.31. The molecule has 4 nitrogen and oxygen atoms in total. The molecule has 5 heteroatoms. The first-order valence-corrected chi connectivity index (χ1v) is 11.6. The first-order valence-electron chi connectivity index (χ1n) is 11.3. The maximum Gasteiger partial charge on any atom is 0.243 e. The van der Waals surface area contributed by atoms with Crippen LogP contribution in [0.5, 0.6) is 0 Å². The molecule has 2 amide bonds. The molecule has 1 N–H and O–H groups in total. The highest BCUT2D eigenvalue weighted by Crippen LogP contribution is 2.21. The smallest absolute Gasteiger partial charge is 0.243 e.